The molecule has 2 aromatic heterocycles. The summed E-state index contributed by atoms with van der Waals surface area (Å²) in [5.74, 6) is 0.823. The molecule has 0 aliphatic heterocycles. The Morgan fingerprint density at radius 1 is 1.06 bits per heavy atom. The number of pyridine rings is 1. The van der Waals surface area contributed by atoms with Crippen molar-refractivity contribution in [2.24, 2.45) is 0 Å². The average Bonchev–Trinajstić information content (AvgIpc) is 3.16. The minimum Gasteiger partial charge on any atom is -0.349 e. The van der Waals surface area contributed by atoms with E-state index in [0.717, 1.165) is 21.5 Å². The molecule has 0 aliphatic rings. The van der Waals surface area contributed by atoms with E-state index in [2.05, 4.69) is 30.6 Å². The van der Waals surface area contributed by atoms with Crippen molar-refractivity contribution in [2.75, 3.05) is 10.5 Å². The Hall–Kier alpha value is -3.39. The normalized spacial score (nSPS) is 12.2. The summed E-state index contributed by atoms with van der Waals surface area (Å²) in [5.41, 5.74) is 9.08. The van der Waals surface area contributed by atoms with Gasteiger partial charge < -0.3 is 5.21 Å². The summed E-state index contributed by atoms with van der Waals surface area (Å²) in [6.07, 6.45) is 0. The molecule has 1 unspecified atom stereocenters. The van der Waals surface area contributed by atoms with Crippen LogP contribution in [0, 0.1) is 6.92 Å². The van der Waals surface area contributed by atoms with Crippen LogP contribution in [0.4, 0.5) is 11.6 Å². The first-order chi connectivity index (χ1) is 15.6. The molecule has 4 rings (SSSR count). The number of rotatable bonds is 4. The van der Waals surface area contributed by atoms with Crippen LogP contribution in [-0.2, 0) is 16.4 Å². The predicted molar refractivity (Wildman–Crippen MR) is 134 cm³/mol. The Morgan fingerprint density at radius 2 is 1.73 bits per heavy atom. The lowest BCUT2D eigenvalue weighted by Gasteiger charge is -2.19. The van der Waals surface area contributed by atoms with E-state index in [-0.39, 0.29) is 11.2 Å². The highest BCUT2D eigenvalue weighted by molar-refractivity contribution is 7.86. The number of nitrogens with zero attached hydrogens (tertiary/aromatic N) is 3. The number of hydrogen-bond acceptors (Lipinski definition) is 4. The zero-order valence-corrected chi connectivity index (χ0v) is 20.8. The molecule has 4 N–H and O–H groups in total. The largest absolute Gasteiger partial charge is 0.349 e. The summed E-state index contributed by atoms with van der Waals surface area (Å²) in [6.45, 7) is 12.3. The van der Waals surface area contributed by atoms with E-state index in [1.54, 1.807) is 16.8 Å². The van der Waals surface area contributed by atoms with Gasteiger partial charge in [0, 0.05) is 12.1 Å². The molecule has 1 atom stereocenters. The number of nitrogens with one attached hydrogen (secondary N) is 1. The van der Waals surface area contributed by atoms with E-state index in [1.165, 1.54) is 5.56 Å². The zero-order valence-electron chi connectivity index (χ0n) is 20.0. The minimum absolute atomic E-state index is 0.0323. The number of aromatic nitrogens is 3. The maximum absolute atomic E-state index is 13.0. The zero-order chi connectivity index (χ0) is 24.3. The van der Waals surface area contributed by atoms with Gasteiger partial charge in [-0.15, -0.1) is 0 Å². The van der Waals surface area contributed by atoms with Gasteiger partial charge in [-0.3, -0.25) is 10.5 Å². The second kappa shape index (κ2) is 9.62. The van der Waals surface area contributed by atoms with Crippen LogP contribution in [0.25, 0.3) is 16.6 Å². The topological polar surface area (TPSA) is 97.0 Å². The Labute approximate surface area is 197 Å². The molecule has 0 aliphatic carbocycles. The molecular weight excluding hydrogens is 434 g/mol. The number of aryl methyl sites for hydroxylation is 1. The van der Waals surface area contributed by atoms with Crippen molar-refractivity contribution in [3.63, 3.8) is 0 Å². The van der Waals surface area contributed by atoms with E-state index in [4.69, 9.17) is 5.73 Å². The van der Waals surface area contributed by atoms with Gasteiger partial charge in [0.05, 0.1) is 21.7 Å². The van der Waals surface area contributed by atoms with Gasteiger partial charge >= 0.3 is 5.82 Å². The molecule has 33 heavy (non-hydrogen) atoms. The highest BCUT2D eigenvalue weighted by Gasteiger charge is 2.18. The SMILES string of the molecule is CC.Cc1cc(NS(=O)c2ccc(C(C)(C)C)cc2)n(-c2cccc3c2ccc(N)[n+]3O)n1. The van der Waals surface area contributed by atoms with E-state index in [0.29, 0.717) is 16.2 Å². The molecule has 0 amide bonds. The van der Waals surface area contributed by atoms with Gasteiger partial charge in [0.2, 0.25) is 0 Å². The fourth-order valence-corrected chi connectivity index (χ4v) is 4.28. The maximum Gasteiger partial charge on any atom is 0.312 e. The summed E-state index contributed by atoms with van der Waals surface area (Å²) in [7, 11) is -1.47. The fourth-order valence-electron chi connectivity index (χ4n) is 3.45. The van der Waals surface area contributed by atoms with Crippen LogP contribution >= 0.6 is 0 Å². The number of benzene rings is 2. The lowest BCUT2D eigenvalue weighted by atomic mass is 9.87. The minimum atomic E-state index is -1.47. The second-order valence-corrected chi connectivity index (χ2v) is 9.72. The quantitative estimate of drug-likeness (QED) is 0.294. The Kier molecular flexibility index (Phi) is 7.07. The smallest absolute Gasteiger partial charge is 0.312 e. The van der Waals surface area contributed by atoms with Crippen LogP contribution in [-0.4, -0.2) is 19.2 Å². The lowest BCUT2D eigenvalue weighted by Crippen LogP contribution is -2.34. The number of fused-ring (bicyclic) bond motifs is 1. The Morgan fingerprint density at radius 3 is 2.36 bits per heavy atom. The molecule has 0 bridgehead atoms. The number of nitrogen functional groups attached to an aromatic ring is 1. The van der Waals surface area contributed by atoms with Gasteiger partial charge in [0.15, 0.2) is 16.5 Å². The highest BCUT2D eigenvalue weighted by Crippen LogP contribution is 2.26. The van der Waals surface area contributed by atoms with Crippen molar-refractivity contribution in [1.82, 2.24) is 9.78 Å². The fraction of sp³-hybridized carbons (Fsp3) is 0.280. The van der Waals surface area contributed by atoms with Crippen molar-refractivity contribution in [3.8, 4) is 5.69 Å². The molecule has 2 aromatic carbocycles. The van der Waals surface area contributed by atoms with Crippen LogP contribution in [0.15, 0.2) is 65.6 Å². The van der Waals surface area contributed by atoms with Gasteiger partial charge in [0.1, 0.15) is 5.82 Å². The van der Waals surface area contributed by atoms with Gasteiger partial charge in [-0.05, 0) is 53.0 Å². The summed E-state index contributed by atoms with van der Waals surface area (Å²) in [6, 6.07) is 18.5. The van der Waals surface area contributed by atoms with Crippen LogP contribution in [0.3, 0.4) is 0 Å². The monoisotopic (exact) mass is 466 g/mol. The van der Waals surface area contributed by atoms with Gasteiger partial charge in [-0.1, -0.05) is 52.8 Å². The van der Waals surface area contributed by atoms with Crippen LogP contribution in [0.2, 0.25) is 0 Å². The van der Waals surface area contributed by atoms with Gasteiger partial charge in [-0.2, -0.15) is 5.10 Å². The first kappa shape index (κ1) is 24.3. The molecule has 174 valence electrons. The molecule has 0 saturated heterocycles. The highest BCUT2D eigenvalue weighted by atomic mass is 32.2. The van der Waals surface area contributed by atoms with Crippen LogP contribution in [0.1, 0.15) is 45.9 Å². The van der Waals surface area contributed by atoms with Crippen molar-refractivity contribution >= 4 is 33.5 Å². The van der Waals surface area contributed by atoms with Gasteiger partial charge in [0.25, 0.3) is 0 Å². The molecule has 0 spiro atoms. The Balaban J connectivity index is 0.00000149. The third-order valence-corrected chi connectivity index (χ3v) is 6.24. The molecule has 4 aromatic rings. The first-order valence-corrected chi connectivity index (χ1v) is 12.1. The van der Waals surface area contributed by atoms with E-state index in [1.807, 2.05) is 69.3 Å². The number of anilines is 2. The lowest BCUT2D eigenvalue weighted by molar-refractivity contribution is -0.873. The van der Waals surface area contributed by atoms with Crippen LogP contribution < -0.4 is 15.2 Å². The van der Waals surface area contributed by atoms with Crippen molar-refractivity contribution in [1.29, 1.82) is 0 Å². The number of hydrogen-bond donors (Lipinski definition) is 3. The average molecular weight is 467 g/mol. The molecule has 0 saturated carbocycles. The second-order valence-electron chi connectivity index (χ2n) is 8.51. The first-order valence-electron chi connectivity index (χ1n) is 10.9. The van der Waals surface area contributed by atoms with E-state index < -0.39 is 11.0 Å². The van der Waals surface area contributed by atoms with Gasteiger partial charge in [-0.25, -0.2) is 8.89 Å². The third kappa shape index (κ3) is 5.01. The maximum atomic E-state index is 13.0. The molecule has 8 heteroatoms. The number of nitrogens with two attached hydrogens (primary N) is 1. The molecule has 7 nitrogen and oxygen atoms in total. The molecule has 0 radical (unpaired) electrons. The molecule has 2 heterocycles. The van der Waals surface area contributed by atoms with Crippen molar-refractivity contribution < 1.29 is 14.1 Å². The predicted octanol–water partition coefficient (Wildman–Crippen LogP) is 4.90. The van der Waals surface area contributed by atoms with Crippen LogP contribution in [0.5, 0.6) is 0 Å². The standard InChI is InChI=1S/C23H25N5O2S.C2H6/c1-15-14-22(26-31(30)17-10-8-16(9-11-17)23(2,3)4)27(25-15)19-6-5-7-20-18(19)12-13-21(24)28(20)29;1-2/h5-14,24,29H,1-4H3,(H,25,26);1-2H3/p+1. The summed E-state index contributed by atoms with van der Waals surface area (Å²) in [4.78, 5) is 0.678. The van der Waals surface area contributed by atoms with Crippen molar-refractivity contribution in [3.05, 3.63) is 71.9 Å². The van der Waals surface area contributed by atoms with Crippen molar-refractivity contribution in [2.45, 2.75) is 51.9 Å². The summed E-state index contributed by atoms with van der Waals surface area (Å²) >= 11 is 0. The molecular formula is C25H32N5O2S+. The Bertz CT molecular complexity index is 1290. The summed E-state index contributed by atoms with van der Waals surface area (Å²) in [5, 5.41) is 15.6. The van der Waals surface area contributed by atoms with E-state index >= 15 is 0 Å². The molecule has 0 fully saturated rings. The third-order valence-electron chi connectivity index (χ3n) is 5.15. The van der Waals surface area contributed by atoms with E-state index in [9.17, 15) is 9.42 Å². The summed E-state index contributed by atoms with van der Waals surface area (Å²) < 4.78 is 18.7.